The predicted molar refractivity (Wildman–Crippen MR) is 98.2 cm³/mol. The molecule has 24 heavy (non-hydrogen) atoms. The van der Waals surface area contributed by atoms with Crippen LogP contribution in [-0.4, -0.2) is 37.5 Å². The van der Waals surface area contributed by atoms with Gasteiger partial charge < -0.3 is 15.5 Å². The lowest BCUT2D eigenvalue weighted by Crippen LogP contribution is -2.46. The van der Waals surface area contributed by atoms with Crippen LogP contribution in [-0.2, 0) is 9.59 Å². The summed E-state index contributed by atoms with van der Waals surface area (Å²) >= 11 is 11.9. The van der Waals surface area contributed by atoms with Gasteiger partial charge >= 0.3 is 0 Å². The Morgan fingerprint density at radius 1 is 1.17 bits per heavy atom. The molecule has 0 radical (unpaired) electrons. The van der Waals surface area contributed by atoms with Gasteiger partial charge in [0, 0.05) is 18.2 Å². The number of hydrogen-bond acceptors (Lipinski definition) is 3. The first-order valence-corrected chi connectivity index (χ1v) is 8.59. The average molecular weight is 393 g/mol. The third kappa shape index (κ3) is 4.14. The number of carbonyl (C=O) groups is 2. The summed E-state index contributed by atoms with van der Waals surface area (Å²) in [6, 6.07) is 4.67. The quantitative estimate of drug-likeness (QED) is 0.831. The third-order valence-electron chi connectivity index (χ3n) is 4.45. The smallest absolute Gasteiger partial charge is 0.249 e. The molecule has 2 N–H and O–H groups in total. The van der Waals surface area contributed by atoms with Crippen molar-refractivity contribution < 1.29 is 9.59 Å². The first-order chi connectivity index (χ1) is 11.1. The van der Waals surface area contributed by atoms with Crippen LogP contribution in [0.15, 0.2) is 18.2 Å². The van der Waals surface area contributed by atoms with E-state index in [-0.39, 0.29) is 30.1 Å². The molecular weight excluding hydrogens is 373 g/mol. The molecule has 0 bridgehead atoms. The molecule has 0 saturated carbocycles. The van der Waals surface area contributed by atoms with Gasteiger partial charge in [0.05, 0.1) is 10.0 Å². The van der Waals surface area contributed by atoms with Gasteiger partial charge in [-0.1, -0.05) is 23.2 Å². The largest absolute Gasteiger partial charge is 0.344 e. The van der Waals surface area contributed by atoms with Crippen molar-refractivity contribution in [2.24, 2.45) is 5.92 Å². The maximum Gasteiger partial charge on any atom is 0.249 e. The number of anilines is 1. The second-order valence-corrected chi connectivity index (χ2v) is 6.78. The molecule has 1 aromatic rings. The van der Waals surface area contributed by atoms with E-state index in [0.717, 1.165) is 25.9 Å². The van der Waals surface area contributed by atoms with Crippen molar-refractivity contribution in [2.75, 3.05) is 24.5 Å². The summed E-state index contributed by atoms with van der Waals surface area (Å²) in [7, 11) is 0. The molecule has 1 atom stereocenters. The summed E-state index contributed by atoms with van der Waals surface area (Å²) in [6.07, 6.45) is 2.25. The Hall–Kier alpha value is -1.01. The number of hydrogen-bond donors (Lipinski definition) is 2. The van der Waals surface area contributed by atoms with Crippen molar-refractivity contribution in [2.45, 2.75) is 25.3 Å². The van der Waals surface area contributed by atoms with E-state index >= 15 is 0 Å². The van der Waals surface area contributed by atoms with Crippen molar-refractivity contribution in [1.82, 2.24) is 10.6 Å². The van der Waals surface area contributed by atoms with E-state index in [1.54, 1.807) is 23.1 Å². The molecule has 2 aliphatic rings. The number of rotatable bonds is 3. The lowest BCUT2D eigenvalue weighted by molar-refractivity contribution is -0.129. The Morgan fingerprint density at radius 2 is 1.88 bits per heavy atom. The van der Waals surface area contributed by atoms with Crippen LogP contribution < -0.4 is 15.5 Å². The molecule has 2 aliphatic heterocycles. The van der Waals surface area contributed by atoms with E-state index in [2.05, 4.69) is 10.6 Å². The Labute approximate surface area is 157 Å². The van der Waals surface area contributed by atoms with Crippen molar-refractivity contribution in [3.05, 3.63) is 28.2 Å². The summed E-state index contributed by atoms with van der Waals surface area (Å²) in [6.45, 7) is 2.27. The lowest BCUT2D eigenvalue weighted by Gasteiger charge is -2.23. The monoisotopic (exact) mass is 391 g/mol. The molecule has 2 fully saturated rings. The van der Waals surface area contributed by atoms with E-state index in [9.17, 15) is 9.59 Å². The number of nitrogens with zero attached hydrogens (tertiary/aromatic N) is 1. The standard InChI is InChI=1S/C16H19Cl2N3O2.ClH/c17-12-2-1-11(9-13(12)18)21-8-5-14(16(21)23)20-15(22)10-3-6-19-7-4-10;/h1-2,9-10,14,19H,3-8H2,(H,20,22);1H. The van der Waals surface area contributed by atoms with Crippen LogP contribution in [0.5, 0.6) is 0 Å². The van der Waals surface area contributed by atoms with E-state index in [1.165, 1.54) is 0 Å². The second kappa shape index (κ2) is 8.39. The van der Waals surface area contributed by atoms with E-state index in [4.69, 9.17) is 23.2 Å². The van der Waals surface area contributed by atoms with E-state index in [0.29, 0.717) is 28.7 Å². The number of piperidine rings is 1. The zero-order valence-electron chi connectivity index (χ0n) is 13.1. The van der Waals surface area contributed by atoms with Gasteiger partial charge in [0.2, 0.25) is 11.8 Å². The number of amides is 2. The third-order valence-corrected chi connectivity index (χ3v) is 5.19. The Balaban J connectivity index is 0.00000208. The maximum atomic E-state index is 12.5. The summed E-state index contributed by atoms with van der Waals surface area (Å²) in [5.41, 5.74) is 0.711. The van der Waals surface area contributed by atoms with Crippen molar-refractivity contribution in [1.29, 1.82) is 0 Å². The summed E-state index contributed by atoms with van der Waals surface area (Å²) in [5, 5.41) is 7.01. The maximum absolute atomic E-state index is 12.5. The molecule has 132 valence electrons. The number of halogens is 3. The topological polar surface area (TPSA) is 61.4 Å². The SMILES string of the molecule is Cl.O=C(NC1CCN(c2ccc(Cl)c(Cl)c2)C1=O)C1CCNCC1. The van der Waals surface area contributed by atoms with Crippen molar-refractivity contribution in [3.63, 3.8) is 0 Å². The molecule has 2 amide bonds. The summed E-state index contributed by atoms with van der Waals surface area (Å²) < 4.78 is 0. The minimum atomic E-state index is -0.452. The van der Waals surface area contributed by atoms with Crippen LogP contribution in [0, 0.1) is 5.92 Å². The number of nitrogens with one attached hydrogen (secondary N) is 2. The zero-order valence-corrected chi connectivity index (χ0v) is 15.4. The van der Waals surface area contributed by atoms with Gasteiger partial charge in [-0.05, 0) is 50.6 Å². The van der Waals surface area contributed by atoms with Gasteiger partial charge in [-0.2, -0.15) is 0 Å². The fourth-order valence-electron chi connectivity index (χ4n) is 3.10. The first kappa shape index (κ1) is 19.3. The van der Waals surface area contributed by atoms with E-state index in [1.807, 2.05) is 0 Å². The highest BCUT2D eigenvalue weighted by molar-refractivity contribution is 6.42. The first-order valence-electron chi connectivity index (χ1n) is 7.84. The minimum absolute atomic E-state index is 0. The van der Waals surface area contributed by atoms with Crippen LogP contribution in [0.1, 0.15) is 19.3 Å². The second-order valence-electron chi connectivity index (χ2n) is 5.96. The fourth-order valence-corrected chi connectivity index (χ4v) is 3.39. The number of carbonyl (C=O) groups excluding carboxylic acids is 2. The van der Waals surface area contributed by atoms with Gasteiger partial charge in [-0.15, -0.1) is 12.4 Å². The van der Waals surface area contributed by atoms with Gasteiger partial charge in [-0.3, -0.25) is 9.59 Å². The highest BCUT2D eigenvalue weighted by Crippen LogP contribution is 2.29. The average Bonchev–Trinajstić information content (AvgIpc) is 2.92. The van der Waals surface area contributed by atoms with Crippen LogP contribution in [0.4, 0.5) is 5.69 Å². The van der Waals surface area contributed by atoms with Gasteiger partial charge in [0.25, 0.3) is 0 Å². The molecule has 3 rings (SSSR count). The highest BCUT2D eigenvalue weighted by Gasteiger charge is 2.35. The van der Waals surface area contributed by atoms with Crippen molar-refractivity contribution >= 4 is 53.1 Å². The lowest BCUT2D eigenvalue weighted by atomic mass is 9.97. The molecule has 0 aromatic heterocycles. The van der Waals surface area contributed by atoms with Crippen LogP contribution in [0.3, 0.4) is 0 Å². The molecule has 0 spiro atoms. The Bertz CT molecular complexity index is 621. The molecular formula is C16H20Cl3N3O2. The molecule has 2 saturated heterocycles. The normalized spacial score (nSPS) is 21.5. The van der Waals surface area contributed by atoms with Crippen LogP contribution in [0.25, 0.3) is 0 Å². The zero-order chi connectivity index (χ0) is 16.4. The molecule has 1 unspecified atom stereocenters. The summed E-state index contributed by atoms with van der Waals surface area (Å²) in [5.74, 6) is -0.102. The van der Waals surface area contributed by atoms with Gasteiger partial charge in [-0.25, -0.2) is 0 Å². The van der Waals surface area contributed by atoms with Gasteiger partial charge in [0.15, 0.2) is 0 Å². The van der Waals surface area contributed by atoms with Gasteiger partial charge in [0.1, 0.15) is 6.04 Å². The van der Waals surface area contributed by atoms with Crippen LogP contribution in [0.2, 0.25) is 10.0 Å². The Kier molecular flexibility index (Phi) is 6.75. The molecule has 2 heterocycles. The molecule has 8 heteroatoms. The minimum Gasteiger partial charge on any atom is -0.344 e. The van der Waals surface area contributed by atoms with Crippen molar-refractivity contribution in [3.8, 4) is 0 Å². The fraction of sp³-hybridized carbons (Fsp3) is 0.500. The van der Waals surface area contributed by atoms with E-state index < -0.39 is 6.04 Å². The molecule has 1 aromatic carbocycles. The predicted octanol–water partition coefficient (Wildman–Crippen LogP) is 2.64. The number of benzene rings is 1. The highest BCUT2D eigenvalue weighted by atomic mass is 35.5. The molecule has 0 aliphatic carbocycles. The Morgan fingerprint density at radius 3 is 2.54 bits per heavy atom. The van der Waals surface area contributed by atoms with Crippen LogP contribution >= 0.6 is 35.6 Å². The molecule has 5 nitrogen and oxygen atoms in total. The summed E-state index contributed by atoms with van der Waals surface area (Å²) in [4.78, 5) is 26.5.